The van der Waals surface area contributed by atoms with Crippen molar-refractivity contribution in [2.24, 2.45) is 7.05 Å². The van der Waals surface area contributed by atoms with E-state index in [1.165, 1.54) is 33.5 Å². The molecule has 4 aromatic carbocycles. The van der Waals surface area contributed by atoms with Gasteiger partial charge in [-0.1, -0.05) is 58.0 Å². The van der Waals surface area contributed by atoms with E-state index in [4.69, 9.17) is 4.42 Å². The van der Waals surface area contributed by atoms with E-state index in [-0.39, 0.29) is 11.8 Å². The molecular formula is C36H34N3O+. The molecule has 0 aliphatic carbocycles. The summed E-state index contributed by atoms with van der Waals surface area (Å²) in [5, 5.41) is 11.0. The molecule has 198 valence electrons. The molecule has 0 atom stereocenters. The lowest BCUT2D eigenvalue weighted by molar-refractivity contribution is -0.633. The van der Waals surface area contributed by atoms with Crippen molar-refractivity contribution in [3.8, 4) is 34.3 Å². The van der Waals surface area contributed by atoms with Crippen LogP contribution in [-0.2, 0) is 7.05 Å². The molecule has 0 fully saturated rings. The topological polar surface area (TPSA) is 45.7 Å². The fourth-order valence-electron chi connectivity index (χ4n) is 5.94. The van der Waals surface area contributed by atoms with Gasteiger partial charge in [-0.2, -0.15) is 9.83 Å². The highest BCUT2D eigenvalue weighted by Gasteiger charge is 2.32. The highest BCUT2D eigenvalue weighted by atomic mass is 16.3. The van der Waals surface area contributed by atoms with Crippen molar-refractivity contribution in [2.45, 2.75) is 46.5 Å². The molecule has 0 spiro atoms. The van der Waals surface area contributed by atoms with Crippen LogP contribution in [0.5, 0.6) is 0 Å². The molecule has 0 bridgehead atoms. The van der Waals surface area contributed by atoms with Gasteiger partial charge in [0.05, 0.1) is 30.5 Å². The first kappa shape index (κ1) is 25.6. The number of hydrogen-bond donors (Lipinski definition) is 0. The number of benzene rings is 4. The molecule has 2 aromatic heterocycles. The van der Waals surface area contributed by atoms with Crippen molar-refractivity contribution in [1.29, 1.82) is 5.26 Å². The Bertz CT molecular complexity index is 1900. The van der Waals surface area contributed by atoms with Crippen LogP contribution in [0.3, 0.4) is 0 Å². The molecule has 4 heteroatoms. The molecule has 40 heavy (non-hydrogen) atoms. The third kappa shape index (κ3) is 4.10. The van der Waals surface area contributed by atoms with Crippen molar-refractivity contribution in [2.75, 3.05) is 0 Å². The molecule has 0 saturated carbocycles. The van der Waals surface area contributed by atoms with Crippen molar-refractivity contribution >= 4 is 22.0 Å². The fourth-order valence-corrected chi connectivity index (χ4v) is 5.94. The van der Waals surface area contributed by atoms with E-state index in [0.717, 1.165) is 33.4 Å². The standard InChI is InChI=1S/C36H34N3O/c1-22(2)29-18-28(26-10-8-7-9-11-26)19-30(23(3)4)35(29)39-33-17-25(21-37)12-13-32(33)38(6)36(39)31-20-34-27(14-15-40-34)16-24(31)5/h7-20,22-23H,1-6H3/q+1. The van der Waals surface area contributed by atoms with Gasteiger partial charge in [-0.05, 0) is 77.9 Å². The van der Waals surface area contributed by atoms with E-state index in [1.54, 1.807) is 6.26 Å². The van der Waals surface area contributed by atoms with Gasteiger partial charge in [-0.15, -0.1) is 0 Å². The van der Waals surface area contributed by atoms with Crippen LogP contribution in [0.1, 0.15) is 61.8 Å². The van der Waals surface area contributed by atoms with Crippen LogP contribution >= 0.6 is 0 Å². The normalized spacial score (nSPS) is 11.7. The summed E-state index contributed by atoms with van der Waals surface area (Å²) < 4.78 is 10.5. The molecule has 0 amide bonds. The van der Waals surface area contributed by atoms with Crippen LogP contribution in [-0.4, -0.2) is 4.57 Å². The van der Waals surface area contributed by atoms with Crippen LogP contribution in [0.4, 0.5) is 0 Å². The summed E-state index contributed by atoms with van der Waals surface area (Å²) in [7, 11) is 2.12. The van der Waals surface area contributed by atoms with E-state index in [2.05, 4.69) is 118 Å². The molecule has 0 aliphatic rings. The molecule has 2 heterocycles. The van der Waals surface area contributed by atoms with Crippen LogP contribution in [0, 0.1) is 18.3 Å². The van der Waals surface area contributed by atoms with Crippen LogP contribution in [0.15, 0.2) is 89.5 Å². The largest absolute Gasteiger partial charge is 0.464 e. The predicted octanol–water partition coefficient (Wildman–Crippen LogP) is 8.96. The zero-order chi connectivity index (χ0) is 28.1. The van der Waals surface area contributed by atoms with Gasteiger partial charge in [0.1, 0.15) is 11.3 Å². The Kier molecular flexibility index (Phi) is 6.31. The lowest BCUT2D eigenvalue weighted by atomic mass is 9.88. The maximum absolute atomic E-state index is 9.86. The first-order valence-electron chi connectivity index (χ1n) is 13.9. The zero-order valence-corrected chi connectivity index (χ0v) is 24.0. The molecule has 0 saturated heterocycles. The Hall–Kier alpha value is -4.62. The van der Waals surface area contributed by atoms with Gasteiger partial charge >= 0.3 is 0 Å². The third-order valence-corrected chi connectivity index (χ3v) is 8.02. The third-order valence-electron chi connectivity index (χ3n) is 8.02. The second-order valence-corrected chi connectivity index (χ2v) is 11.3. The van der Waals surface area contributed by atoms with Crippen molar-refractivity contribution in [1.82, 2.24) is 4.57 Å². The Labute approximate surface area is 235 Å². The van der Waals surface area contributed by atoms with Crippen molar-refractivity contribution in [3.05, 3.63) is 107 Å². The number of aromatic nitrogens is 2. The molecule has 0 aliphatic heterocycles. The van der Waals surface area contributed by atoms with Crippen molar-refractivity contribution in [3.63, 3.8) is 0 Å². The average Bonchev–Trinajstić information content (AvgIpc) is 3.52. The zero-order valence-electron chi connectivity index (χ0n) is 24.0. The van der Waals surface area contributed by atoms with E-state index < -0.39 is 0 Å². The molecule has 0 N–H and O–H groups in total. The number of furan rings is 1. The lowest BCUT2D eigenvalue weighted by Crippen LogP contribution is -2.30. The second-order valence-electron chi connectivity index (χ2n) is 11.3. The minimum Gasteiger partial charge on any atom is -0.464 e. The van der Waals surface area contributed by atoms with Gasteiger partial charge in [-0.25, -0.2) is 4.57 Å². The predicted molar refractivity (Wildman–Crippen MR) is 163 cm³/mol. The van der Waals surface area contributed by atoms with Crippen LogP contribution in [0.2, 0.25) is 0 Å². The van der Waals surface area contributed by atoms with Crippen molar-refractivity contribution < 1.29 is 8.98 Å². The highest BCUT2D eigenvalue weighted by Crippen LogP contribution is 2.40. The minimum atomic E-state index is 0.277. The maximum Gasteiger partial charge on any atom is 0.295 e. The summed E-state index contributed by atoms with van der Waals surface area (Å²) in [6, 6.07) is 30.1. The van der Waals surface area contributed by atoms with Crippen LogP contribution in [0.25, 0.3) is 50.2 Å². The first-order valence-corrected chi connectivity index (χ1v) is 13.9. The van der Waals surface area contributed by atoms with Gasteiger partial charge in [0.2, 0.25) is 0 Å². The van der Waals surface area contributed by atoms with Gasteiger partial charge < -0.3 is 4.42 Å². The average molecular weight is 525 g/mol. The summed E-state index contributed by atoms with van der Waals surface area (Å²) in [4.78, 5) is 0. The van der Waals surface area contributed by atoms with E-state index in [1.807, 2.05) is 18.2 Å². The molecular weight excluding hydrogens is 490 g/mol. The SMILES string of the molecule is Cc1cc2ccoc2cc1-c1n(-c2c(C(C)C)cc(-c3ccccc3)cc2C(C)C)c2cc(C#N)ccc2[n+]1C. The molecule has 6 aromatic rings. The molecule has 0 unspecified atom stereocenters. The molecule has 0 radical (unpaired) electrons. The first-order chi connectivity index (χ1) is 19.3. The molecule has 6 rings (SSSR count). The van der Waals surface area contributed by atoms with Gasteiger partial charge in [0, 0.05) is 22.6 Å². The van der Waals surface area contributed by atoms with E-state index in [9.17, 15) is 5.26 Å². The smallest absolute Gasteiger partial charge is 0.295 e. The highest BCUT2D eigenvalue weighted by molar-refractivity contribution is 5.87. The van der Waals surface area contributed by atoms with Gasteiger partial charge in [-0.3, -0.25) is 0 Å². The number of nitriles is 1. The minimum absolute atomic E-state index is 0.277. The monoisotopic (exact) mass is 524 g/mol. The number of rotatable bonds is 5. The Balaban J connectivity index is 1.79. The summed E-state index contributed by atoms with van der Waals surface area (Å²) >= 11 is 0. The molecule has 4 nitrogen and oxygen atoms in total. The van der Waals surface area contributed by atoms with E-state index >= 15 is 0 Å². The lowest BCUT2D eigenvalue weighted by Gasteiger charge is -2.21. The Morgan fingerprint density at radius 1 is 0.825 bits per heavy atom. The fraction of sp³-hybridized carbons (Fsp3) is 0.222. The second kappa shape index (κ2) is 9.84. The number of imidazole rings is 1. The van der Waals surface area contributed by atoms with Crippen LogP contribution < -0.4 is 4.57 Å². The van der Waals surface area contributed by atoms with Gasteiger partial charge in [0.15, 0.2) is 11.0 Å². The Morgan fingerprint density at radius 3 is 2.17 bits per heavy atom. The maximum atomic E-state index is 9.86. The van der Waals surface area contributed by atoms with Gasteiger partial charge in [0.25, 0.3) is 5.82 Å². The number of hydrogen-bond acceptors (Lipinski definition) is 2. The number of nitrogens with zero attached hydrogens (tertiary/aromatic N) is 3. The summed E-state index contributed by atoms with van der Waals surface area (Å²) in [5.74, 6) is 1.62. The number of fused-ring (bicyclic) bond motifs is 2. The van der Waals surface area contributed by atoms with E-state index in [0.29, 0.717) is 5.56 Å². The Morgan fingerprint density at radius 2 is 1.52 bits per heavy atom. The quantitative estimate of drug-likeness (QED) is 0.211. The number of aryl methyl sites for hydroxylation is 2. The summed E-state index contributed by atoms with van der Waals surface area (Å²) in [5.41, 5.74) is 12.1. The summed E-state index contributed by atoms with van der Waals surface area (Å²) in [6.45, 7) is 11.2. The summed E-state index contributed by atoms with van der Waals surface area (Å²) in [6.07, 6.45) is 1.75.